The Kier molecular flexibility index (Phi) is 6.78. The molecule has 1 aliphatic heterocycles. The van der Waals surface area contributed by atoms with Gasteiger partial charge in [0.05, 0.1) is 31.0 Å². The number of unbranched alkanes of at least 4 members (excludes halogenated alkanes) is 1. The number of hydrogen-bond acceptors (Lipinski definition) is 5. The predicted octanol–water partition coefficient (Wildman–Crippen LogP) is 4.57. The van der Waals surface area contributed by atoms with Gasteiger partial charge in [-0.15, -0.1) is 0 Å². The van der Waals surface area contributed by atoms with Gasteiger partial charge in [-0.25, -0.2) is 8.42 Å². The highest BCUT2D eigenvalue weighted by atomic mass is 32.2. The van der Waals surface area contributed by atoms with Crippen molar-refractivity contribution in [1.82, 2.24) is 0 Å². The first-order chi connectivity index (χ1) is 14.3. The van der Waals surface area contributed by atoms with Gasteiger partial charge in [0, 0.05) is 11.3 Å². The Morgan fingerprint density at radius 3 is 2.40 bits per heavy atom. The summed E-state index contributed by atoms with van der Waals surface area (Å²) in [6.45, 7) is 4.06. The van der Waals surface area contributed by atoms with E-state index in [1.807, 2.05) is 31.2 Å². The van der Waals surface area contributed by atoms with Crippen molar-refractivity contribution < 1.29 is 23.0 Å². The molecule has 0 amide bonds. The topological polar surface area (TPSA) is 72.8 Å². The molecule has 0 saturated heterocycles. The average molecular weight is 433 g/mol. The van der Waals surface area contributed by atoms with Crippen molar-refractivity contribution in [1.29, 1.82) is 0 Å². The van der Waals surface area contributed by atoms with E-state index in [2.05, 4.69) is 6.92 Å². The molecule has 1 heterocycles. The Morgan fingerprint density at radius 2 is 1.77 bits per heavy atom. The summed E-state index contributed by atoms with van der Waals surface area (Å²) in [5.74, 6) is 0.685. The standard InChI is InChI=1S/C24H32O5S/c1-5-7-13-24(6-2)16-30(26,27)21-12-11-19(29-4)15-20(21)22(23(24)25)17-9-8-10-18(14-17)28-3/h8-12,14-15,22-23,25H,5-7,13,16H2,1-4H3. The molecule has 0 radical (unpaired) electrons. The molecule has 3 atom stereocenters. The van der Waals surface area contributed by atoms with Crippen molar-refractivity contribution in [2.75, 3.05) is 20.0 Å². The Bertz CT molecular complexity index is 985. The molecule has 2 aromatic carbocycles. The Hall–Kier alpha value is -2.05. The largest absolute Gasteiger partial charge is 0.497 e. The van der Waals surface area contributed by atoms with Crippen LogP contribution in [0.3, 0.4) is 0 Å². The van der Waals surface area contributed by atoms with Crippen LogP contribution in [0.1, 0.15) is 56.6 Å². The third kappa shape index (κ3) is 4.08. The van der Waals surface area contributed by atoms with Crippen LogP contribution in [0, 0.1) is 5.41 Å². The molecular weight excluding hydrogens is 400 g/mol. The molecule has 6 heteroatoms. The van der Waals surface area contributed by atoms with Crippen LogP contribution in [0.25, 0.3) is 0 Å². The lowest BCUT2D eigenvalue weighted by molar-refractivity contribution is 0.0173. The smallest absolute Gasteiger partial charge is 0.179 e. The van der Waals surface area contributed by atoms with Gasteiger partial charge in [0.25, 0.3) is 0 Å². The Balaban J connectivity index is 2.31. The number of hydrogen-bond donors (Lipinski definition) is 1. The summed E-state index contributed by atoms with van der Waals surface area (Å²) < 4.78 is 37.8. The van der Waals surface area contributed by atoms with Crippen LogP contribution in [-0.2, 0) is 9.84 Å². The average Bonchev–Trinajstić information content (AvgIpc) is 2.83. The minimum atomic E-state index is -3.59. The third-order valence-corrected chi connectivity index (χ3v) is 8.49. The molecule has 1 N–H and O–H groups in total. The summed E-state index contributed by atoms with van der Waals surface area (Å²) in [5, 5.41) is 11.8. The summed E-state index contributed by atoms with van der Waals surface area (Å²) in [6, 6.07) is 12.6. The van der Waals surface area contributed by atoms with E-state index in [1.54, 1.807) is 32.4 Å². The van der Waals surface area contributed by atoms with Crippen molar-refractivity contribution in [3.63, 3.8) is 0 Å². The zero-order valence-corrected chi connectivity index (χ0v) is 19.0. The van der Waals surface area contributed by atoms with Gasteiger partial charge in [-0.1, -0.05) is 38.8 Å². The molecule has 0 fully saturated rings. The number of aliphatic hydroxyl groups is 1. The van der Waals surface area contributed by atoms with E-state index in [-0.39, 0.29) is 10.6 Å². The molecule has 3 rings (SSSR count). The lowest BCUT2D eigenvalue weighted by Gasteiger charge is -2.39. The molecule has 0 saturated carbocycles. The van der Waals surface area contributed by atoms with Crippen LogP contribution in [0.4, 0.5) is 0 Å². The van der Waals surface area contributed by atoms with Crippen LogP contribution in [0.2, 0.25) is 0 Å². The lowest BCUT2D eigenvalue weighted by atomic mass is 9.69. The zero-order chi connectivity index (χ0) is 21.9. The molecule has 0 aromatic heterocycles. The van der Waals surface area contributed by atoms with Crippen molar-refractivity contribution in [2.45, 2.75) is 56.4 Å². The Labute approximate surface area is 180 Å². The van der Waals surface area contributed by atoms with E-state index in [0.717, 1.165) is 18.4 Å². The fourth-order valence-electron chi connectivity index (χ4n) is 4.68. The predicted molar refractivity (Wildman–Crippen MR) is 118 cm³/mol. The van der Waals surface area contributed by atoms with Gasteiger partial charge in [-0.05, 0) is 54.3 Å². The highest BCUT2D eigenvalue weighted by Gasteiger charge is 2.49. The first-order valence-electron chi connectivity index (χ1n) is 10.5. The van der Waals surface area contributed by atoms with Gasteiger partial charge in [-0.2, -0.15) is 0 Å². The first kappa shape index (κ1) is 22.6. The SMILES string of the molecule is CCCCC1(CC)CS(=O)(=O)c2ccc(OC)cc2C(c2cccc(OC)c2)C1O. The minimum Gasteiger partial charge on any atom is -0.497 e. The molecule has 2 aromatic rings. The monoisotopic (exact) mass is 432 g/mol. The molecule has 1 aliphatic rings. The van der Waals surface area contributed by atoms with Crippen LogP contribution in [0.5, 0.6) is 11.5 Å². The number of aliphatic hydroxyl groups excluding tert-OH is 1. The second-order valence-electron chi connectivity index (χ2n) is 8.18. The molecule has 30 heavy (non-hydrogen) atoms. The molecular formula is C24H32O5S. The van der Waals surface area contributed by atoms with Gasteiger partial charge in [0.15, 0.2) is 9.84 Å². The molecule has 164 valence electrons. The van der Waals surface area contributed by atoms with Gasteiger partial charge < -0.3 is 14.6 Å². The van der Waals surface area contributed by atoms with E-state index in [1.165, 1.54) is 0 Å². The number of benzene rings is 2. The first-order valence-corrected chi connectivity index (χ1v) is 12.2. The van der Waals surface area contributed by atoms with Crippen LogP contribution < -0.4 is 9.47 Å². The van der Waals surface area contributed by atoms with Crippen LogP contribution >= 0.6 is 0 Å². The number of sulfone groups is 1. The van der Waals surface area contributed by atoms with E-state index in [0.29, 0.717) is 29.9 Å². The van der Waals surface area contributed by atoms with E-state index >= 15 is 0 Å². The fourth-order valence-corrected chi connectivity index (χ4v) is 6.93. The second-order valence-corrected chi connectivity index (χ2v) is 10.1. The van der Waals surface area contributed by atoms with E-state index in [9.17, 15) is 13.5 Å². The lowest BCUT2D eigenvalue weighted by Crippen LogP contribution is -2.42. The van der Waals surface area contributed by atoms with Gasteiger partial charge in [0.1, 0.15) is 11.5 Å². The van der Waals surface area contributed by atoms with E-state index < -0.39 is 27.3 Å². The summed E-state index contributed by atoms with van der Waals surface area (Å²) in [5.41, 5.74) is 0.694. The van der Waals surface area contributed by atoms with E-state index in [4.69, 9.17) is 9.47 Å². The van der Waals surface area contributed by atoms with Gasteiger partial charge in [0.2, 0.25) is 0 Å². The normalized spacial score (nSPS) is 25.2. The van der Waals surface area contributed by atoms with Crippen molar-refractivity contribution >= 4 is 9.84 Å². The number of fused-ring (bicyclic) bond motifs is 1. The van der Waals surface area contributed by atoms with Crippen molar-refractivity contribution in [2.24, 2.45) is 5.41 Å². The maximum absolute atomic E-state index is 13.5. The summed E-state index contributed by atoms with van der Waals surface area (Å²) >= 11 is 0. The highest BCUT2D eigenvalue weighted by Crippen LogP contribution is 2.49. The minimum absolute atomic E-state index is 0.0581. The number of rotatable bonds is 7. The van der Waals surface area contributed by atoms with Crippen molar-refractivity contribution in [3.05, 3.63) is 53.6 Å². The molecule has 0 spiro atoms. The Morgan fingerprint density at radius 1 is 1.07 bits per heavy atom. The van der Waals surface area contributed by atoms with Crippen LogP contribution in [-0.4, -0.2) is 39.6 Å². The molecule has 3 unspecified atom stereocenters. The fraction of sp³-hybridized carbons (Fsp3) is 0.500. The third-order valence-electron chi connectivity index (χ3n) is 6.49. The number of methoxy groups -OCH3 is 2. The summed E-state index contributed by atoms with van der Waals surface area (Å²) in [7, 11) is -0.434. The summed E-state index contributed by atoms with van der Waals surface area (Å²) in [6.07, 6.45) is 2.19. The van der Waals surface area contributed by atoms with Crippen molar-refractivity contribution in [3.8, 4) is 11.5 Å². The summed E-state index contributed by atoms with van der Waals surface area (Å²) in [4.78, 5) is 0.280. The molecule has 0 bridgehead atoms. The maximum Gasteiger partial charge on any atom is 0.179 e. The maximum atomic E-state index is 13.5. The zero-order valence-electron chi connectivity index (χ0n) is 18.2. The number of ether oxygens (including phenoxy) is 2. The molecule has 5 nitrogen and oxygen atoms in total. The quantitative estimate of drug-likeness (QED) is 0.694. The van der Waals surface area contributed by atoms with Gasteiger partial charge >= 0.3 is 0 Å². The second kappa shape index (κ2) is 8.98. The molecule has 0 aliphatic carbocycles. The highest BCUT2D eigenvalue weighted by molar-refractivity contribution is 7.91. The van der Waals surface area contributed by atoms with Gasteiger partial charge in [-0.3, -0.25) is 0 Å². The van der Waals surface area contributed by atoms with Crippen LogP contribution in [0.15, 0.2) is 47.4 Å².